The molecule has 1 nitrogen and oxygen atoms in total. The van der Waals surface area contributed by atoms with E-state index in [1.54, 1.807) is 25.7 Å². The summed E-state index contributed by atoms with van der Waals surface area (Å²) in [4.78, 5) is 0. The molecule has 2 rings (SSSR count). The van der Waals surface area contributed by atoms with E-state index in [9.17, 15) is 0 Å². The predicted molar refractivity (Wildman–Crippen MR) is 58.8 cm³/mol. The second-order valence-corrected chi connectivity index (χ2v) is 4.72. The van der Waals surface area contributed by atoms with Crippen LogP contribution in [0.4, 0.5) is 0 Å². The molecule has 0 radical (unpaired) electrons. The van der Waals surface area contributed by atoms with Crippen LogP contribution in [0.3, 0.4) is 0 Å². The highest BCUT2D eigenvalue weighted by molar-refractivity contribution is 4.81. The van der Waals surface area contributed by atoms with Gasteiger partial charge < -0.3 is 5.48 Å². The fourth-order valence-corrected chi connectivity index (χ4v) is 3.11. The van der Waals surface area contributed by atoms with Crippen LogP contribution in [0, 0.1) is 17.8 Å². The molecule has 80 valence electrons. The van der Waals surface area contributed by atoms with E-state index in [2.05, 4.69) is 6.92 Å². The van der Waals surface area contributed by atoms with Crippen molar-refractivity contribution in [3.63, 3.8) is 0 Å². The number of fused-ring (bicyclic) bond motifs is 1. The molecular weight excluding hydrogens is 160 g/mol. The highest BCUT2D eigenvalue weighted by atomic mass is 16.0. The zero-order valence-corrected chi connectivity index (χ0v) is 8.18. The lowest BCUT2D eigenvalue weighted by Gasteiger charge is -2.38. The summed E-state index contributed by atoms with van der Waals surface area (Å²) in [5.74, 6) is 3.31. The van der Waals surface area contributed by atoms with Gasteiger partial charge in [-0.25, -0.2) is 0 Å². The summed E-state index contributed by atoms with van der Waals surface area (Å²) in [6.45, 7) is 2.44. The van der Waals surface area contributed by atoms with Crippen molar-refractivity contribution in [1.82, 2.24) is 0 Å². The maximum atomic E-state index is 2.44. The van der Waals surface area contributed by atoms with Gasteiger partial charge in [-0.1, -0.05) is 46.5 Å². The standard InChI is InChI=1S/C11H20.CH4.H2O/c1-9-6-7-10-4-2-3-5-11(10)8-9;;/h9-11H,2-8H2,1H3;1H4;1H2. The van der Waals surface area contributed by atoms with Crippen molar-refractivity contribution in [3.8, 4) is 0 Å². The fourth-order valence-electron chi connectivity index (χ4n) is 3.11. The Labute approximate surface area is 83.2 Å². The molecular formula is C12H26O. The van der Waals surface area contributed by atoms with Crippen LogP contribution in [0.5, 0.6) is 0 Å². The van der Waals surface area contributed by atoms with E-state index in [1.807, 2.05) is 0 Å². The largest absolute Gasteiger partial charge is 0.412 e. The van der Waals surface area contributed by atoms with Gasteiger partial charge in [-0.05, 0) is 30.6 Å². The third-order valence-electron chi connectivity index (χ3n) is 3.80. The lowest BCUT2D eigenvalue weighted by Crippen LogP contribution is -2.26. The predicted octanol–water partition coefficient (Wildman–Crippen LogP) is 3.42. The second kappa shape index (κ2) is 5.64. The lowest BCUT2D eigenvalue weighted by atomic mass is 9.68. The Morgan fingerprint density at radius 2 is 1.46 bits per heavy atom. The zero-order chi connectivity index (χ0) is 7.68. The molecule has 0 aliphatic heterocycles. The van der Waals surface area contributed by atoms with E-state index in [0.717, 1.165) is 17.8 Å². The molecule has 0 aromatic carbocycles. The Morgan fingerprint density at radius 1 is 0.846 bits per heavy atom. The van der Waals surface area contributed by atoms with E-state index in [4.69, 9.17) is 0 Å². The van der Waals surface area contributed by atoms with Crippen LogP contribution < -0.4 is 0 Å². The molecule has 2 N–H and O–H groups in total. The summed E-state index contributed by atoms with van der Waals surface area (Å²) < 4.78 is 0. The van der Waals surface area contributed by atoms with Gasteiger partial charge in [-0.15, -0.1) is 0 Å². The molecule has 0 heterocycles. The molecule has 0 spiro atoms. The average Bonchev–Trinajstić information content (AvgIpc) is 2.04. The van der Waals surface area contributed by atoms with Gasteiger partial charge in [-0.2, -0.15) is 0 Å². The van der Waals surface area contributed by atoms with Gasteiger partial charge in [0.15, 0.2) is 0 Å². The topological polar surface area (TPSA) is 31.5 Å². The Balaban J connectivity index is 0.000000720. The van der Waals surface area contributed by atoms with Crippen LogP contribution in [0.25, 0.3) is 0 Å². The summed E-state index contributed by atoms with van der Waals surface area (Å²) in [6.07, 6.45) is 10.8. The first-order valence-electron chi connectivity index (χ1n) is 5.36. The van der Waals surface area contributed by atoms with Crippen molar-refractivity contribution < 1.29 is 5.48 Å². The SMILES string of the molecule is C.CC1CCC2CCCCC2C1.O. The van der Waals surface area contributed by atoms with Crippen molar-refractivity contribution in [2.45, 2.75) is 59.3 Å². The smallest absolute Gasteiger partial charge is 0.0383 e. The normalized spacial score (nSPS) is 38.1. The lowest BCUT2D eigenvalue weighted by molar-refractivity contribution is 0.137. The van der Waals surface area contributed by atoms with Crippen molar-refractivity contribution in [2.24, 2.45) is 17.8 Å². The van der Waals surface area contributed by atoms with Crippen LogP contribution in [0.2, 0.25) is 0 Å². The van der Waals surface area contributed by atoms with Gasteiger partial charge in [-0.3, -0.25) is 0 Å². The third-order valence-corrected chi connectivity index (χ3v) is 3.80. The van der Waals surface area contributed by atoms with Crippen molar-refractivity contribution in [2.75, 3.05) is 0 Å². The molecule has 2 saturated carbocycles. The molecule has 3 atom stereocenters. The molecule has 2 aliphatic carbocycles. The second-order valence-electron chi connectivity index (χ2n) is 4.72. The highest BCUT2D eigenvalue weighted by Crippen LogP contribution is 2.42. The molecule has 0 aromatic rings. The Bertz CT molecular complexity index is 133. The van der Waals surface area contributed by atoms with Crippen LogP contribution in [0.15, 0.2) is 0 Å². The summed E-state index contributed by atoms with van der Waals surface area (Å²) >= 11 is 0. The molecule has 0 saturated heterocycles. The Hall–Kier alpha value is -0.0400. The minimum atomic E-state index is 0. The summed E-state index contributed by atoms with van der Waals surface area (Å²) in [7, 11) is 0. The van der Waals surface area contributed by atoms with E-state index in [0.29, 0.717) is 0 Å². The molecule has 1 heteroatoms. The van der Waals surface area contributed by atoms with Gasteiger partial charge in [0, 0.05) is 0 Å². The van der Waals surface area contributed by atoms with E-state index >= 15 is 0 Å². The number of hydrogen-bond donors (Lipinski definition) is 0. The first kappa shape index (κ1) is 13.0. The van der Waals surface area contributed by atoms with Crippen molar-refractivity contribution in [3.05, 3.63) is 0 Å². The highest BCUT2D eigenvalue weighted by Gasteiger charge is 2.29. The van der Waals surface area contributed by atoms with Gasteiger partial charge in [0.05, 0.1) is 0 Å². The average molecular weight is 186 g/mol. The summed E-state index contributed by atoms with van der Waals surface area (Å²) in [6, 6.07) is 0. The van der Waals surface area contributed by atoms with Crippen molar-refractivity contribution >= 4 is 0 Å². The fraction of sp³-hybridized carbons (Fsp3) is 1.00. The molecule has 2 fully saturated rings. The van der Waals surface area contributed by atoms with Gasteiger partial charge in [0.2, 0.25) is 0 Å². The Morgan fingerprint density at radius 3 is 2.15 bits per heavy atom. The first-order chi connectivity index (χ1) is 5.36. The molecule has 0 bridgehead atoms. The molecule has 0 amide bonds. The van der Waals surface area contributed by atoms with E-state index < -0.39 is 0 Å². The van der Waals surface area contributed by atoms with E-state index in [-0.39, 0.29) is 12.9 Å². The van der Waals surface area contributed by atoms with Crippen LogP contribution >= 0.6 is 0 Å². The third kappa shape index (κ3) is 2.98. The van der Waals surface area contributed by atoms with Crippen LogP contribution in [-0.4, -0.2) is 5.48 Å². The van der Waals surface area contributed by atoms with E-state index in [1.165, 1.54) is 19.3 Å². The maximum Gasteiger partial charge on any atom is -0.0383 e. The monoisotopic (exact) mass is 186 g/mol. The van der Waals surface area contributed by atoms with Gasteiger partial charge in [0.1, 0.15) is 0 Å². The first-order valence-corrected chi connectivity index (χ1v) is 5.36. The van der Waals surface area contributed by atoms with Gasteiger partial charge in [0.25, 0.3) is 0 Å². The molecule has 3 unspecified atom stereocenters. The zero-order valence-electron chi connectivity index (χ0n) is 8.18. The Kier molecular flexibility index (Phi) is 5.62. The summed E-state index contributed by atoms with van der Waals surface area (Å²) in [5, 5.41) is 0. The maximum absolute atomic E-state index is 2.44. The molecule has 2 aliphatic rings. The van der Waals surface area contributed by atoms with Crippen LogP contribution in [-0.2, 0) is 0 Å². The number of rotatable bonds is 0. The minimum Gasteiger partial charge on any atom is -0.412 e. The molecule has 13 heavy (non-hydrogen) atoms. The van der Waals surface area contributed by atoms with Crippen LogP contribution in [0.1, 0.15) is 59.3 Å². The molecule has 0 aromatic heterocycles. The number of hydrogen-bond acceptors (Lipinski definition) is 0. The quantitative estimate of drug-likeness (QED) is 0.555. The summed E-state index contributed by atoms with van der Waals surface area (Å²) in [5.41, 5.74) is 0. The minimum absolute atomic E-state index is 0. The van der Waals surface area contributed by atoms with Gasteiger partial charge >= 0.3 is 0 Å². The van der Waals surface area contributed by atoms with Crippen molar-refractivity contribution in [1.29, 1.82) is 0 Å².